The molecule has 0 unspecified atom stereocenters. The highest BCUT2D eigenvalue weighted by Crippen LogP contribution is 2.72. The van der Waals surface area contributed by atoms with E-state index in [1.807, 2.05) is 44.2 Å². The SMILES string of the molecule is COC(=O)[C@H](Cc1ccccc1)NC(=O)C[C@@](C)(O)CC(=O)O[C@@H]1C[C@]2(C)C3=C(CC[C@H]2C(C)(C)[C@H]1O)[C@]1(C)CC[C@H]([C@H](C)CC[C@@H](O)C(C)(C)O)[C@@]1(C)[C@@H](O)C3. The molecule has 1 aromatic carbocycles. The van der Waals surface area contributed by atoms with Crippen LogP contribution in [-0.2, 0) is 30.3 Å². The Morgan fingerprint density at radius 3 is 2.21 bits per heavy atom. The van der Waals surface area contributed by atoms with Crippen LogP contribution in [0.4, 0.5) is 0 Å². The second kappa shape index (κ2) is 16.3. The minimum absolute atomic E-state index is 0.0683. The number of nitrogens with one attached hydrogen (secondary N) is 1. The van der Waals surface area contributed by atoms with E-state index in [0.29, 0.717) is 19.3 Å². The number of benzene rings is 1. The predicted molar refractivity (Wildman–Crippen MR) is 216 cm³/mol. The van der Waals surface area contributed by atoms with Crippen molar-refractivity contribution in [2.45, 2.75) is 175 Å². The van der Waals surface area contributed by atoms with Crippen LogP contribution in [-0.4, -0.2) is 92.1 Å². The number of methoxy groups -OCH3 is 1. The smallest absolute Gasteiger partial charge is 0.328 e. The molecule has 4 aliphatic rings. The Morgan fingerprint density at radius 1 is 0.947 bits per heavy atom. The van der Waals surface area contributed by atoms with Crippen molar-refractivity contribution in [3.63, 3.8) is 0 Å². The van der Waals surface area contributed by atoms with E-state index in [0.717, 1.165) is 37.7 Å². The van der Waals surface area contributed by atoms with Gasteiger partial charge in [-0.15, -0.1) is 0 Å². The summed E-state index contributed by atoms with van der Waals surface area (Å²) in [5.41, 5.74) is -1.31. The van der Waals surface area contributed by atoms with Crippen molar-refractivity contribution in [3.8, 4) is 0 Å². The van der Waals surface area contributed by atoms with E-state index in [4.69, 9.17) is 9.47 Å². The number of ether oxygens (including phenoxy) is 2. The standard InChI is InChI=1S/C46H71NO10/c1-27(16-19-35(48)42(4,5)54)29-20-21-45(8)30-17-18-34-41(2,3)39(52)33(24-44(34,7)31(30)23-36(49)46(29,45)9)57-38(51)26-43(6,55)25-37(50)47-32(40(53)56-10)22-28-14-12-11-13-15-28/h11-15,27,29,32-36,39,48-49,52,54-55H,16-26H2,1-10H3,(H,47,50)/t27-,29-,32+,33-,34+,35-,36+,39+,43-,44-,45+,46+/m1/s1. The topological polar surface area (TPSA) is 183 Å². The van der Waals surface area contributed by atoms with Gasteiger partial charge in [0.15, 0.2) is 0 Å². The third-order valence-electron chi connectivity index (χ3n) is 15.7. The van der Waals surface area contributed by atoms with E-state index in [1.165, 1.54) is 25.2 Å². The molecule has 4 aliphatic carbocycles. The molecule has 11 heteroatoms. The number of hydrogen-bond acceptors (Lipinski definition) is 10. The average molecular weight is 798 g/mol. The molecule has 0 aliphatic heterocycles. The zero-order valence-electron chi connectivity index (χ0n) is 36.1. The zero-order valence-corrected chi connectivity index (χ0v) is 36.1. The van der Waals surface area contributed by atoms with Crippen LogP contribution < -0.4 is 5.32 Å². The predicted octanol–water partition coefficient (Wildman–Crippen LogP) is 5.57. The molecule has 0 bridgehead atoms. The number of aliphatic hydroxyl groups excluding tert-OH is 3. The summed E-state index contributed by atoms with van der Waals surface area (Å²) in [4.78, 5) is 39.2. The number of carbonyl (C=O) groups is 3. The summed E-state index contributed by atoms with van der Waals surface area (Å²) >= 11 is 0. The van der Waals surface area contributed by atoms with Gasteiger partial charge in [0, 0.05) is 11.8 Å². The highest BCUT2D eigenvalue weighted by atomic mass is 16.6. The van der Waals surface area contributed by atoms with Crippen molar-refractivity contribution in [1.82, 2.24) is 5.32 Å². The first kappa shape index (κ1) is 45.3. The molecule has 11 nitrogen and oxygen atoms in total. The van der Waals surface area contributed by atoms with Crippen molar-refractivity contribution < 1.29 is 49.4 Å². The molecule has 320 valence electrons. The average Bonchev–Trinajstić information content (AvgIpc) is 3.40. The fraction of sp³-hybridized carbons (Fsp3) is 0.761. The van der Waals surface area contributed by atoms with Crippen LogP contribution in [0.5, 0.6) is 0 Å². The van der Waals surface area contributed by atoms with Crippen LogP contribution in [0.3, 0.4) is 0 Å². The lowest BCUT2D eigenvalue weighted by Gasteiger charge is -2.64. The van der Waals surface area contributed by atoms with Crippen LogP contribution in [0.1, 0.15) is 132 Å². The fourth-order valence-corrected chi connectivity index (χ4v) is 12.2. The highest BCUT2D eigenvalue weighted by Gasteiger charge is 2.67. The molecule has 0 heterocycles. The second-order valence-corrected chi connectivity index (χ2v) is 20.4. The van der Waals surface area contributed by atoms with Gasteiger partial charge in [-0.2, -0.15) is 0 Å². The molecule has 1 amide bonds. The van der Waals surface area contributed by atoms with E-state index in [2.05, 4.69) is 33.0 Å². The molecular weight excluding hydrogens is 727 g/mol. The minimum Gasteiger partial charge on any atom is -0.467 e. The van der Waals surface area contributed by atoms with Gasteiger partial charge in [-0.1, -0.05) is 83.0 Å². The van der Waals surface area contributed by atoms with Crippen molar-refractivity contribution in [1.29, 1.82) is 0 Å². The number of allylic oxidation sites excluding steroid dienone is 1. The van der Waals surface area contributed by atoms with Crippen molar-refractivity contribution in [2.75, 3.05) is 7.11 Å². The van der Waals surface area contributed by atoms with Gasteiger partial charge >= 0.3 is 11.9 Å². The molecule has 1 aromatic rings. The Bertz CT molecular complexity index is 1670. The number of fused-ring (bicyclic) bond motifs is 4. The van der Waals surface area contributed by atoms with E-state index in [1.54, 1.807) is 13.8 Å². The first-order chi connectivity index (χ1) is 26.3. The van der Waals surface area contributed by atoms with E-state index in [-0.39, 0.29) is 35.0 Å². The van der Waals surface area contributed by atoms with Gasteiger partial charge in [0.05, 0.1) is 49.5 Å². The summed E-state index contributed by atoms with van der Waals surface area (Å²) in [7, 11) is 1.24. The second-order valence-electron chi connectivity index (χ2n) is 20.4. The Labute approximate surface area is 340 Å². The Morgan fingerprint density at radius 2 is 1.60 bits per heavy atom. The number of amides is 1. The largest absolute Gasteiger partial charge is 0.467 e. The van der Waals surface area contributed by atoms with Gasteiger partial charge in [-0.3, -0.25) is 9.59 Å². The maximum absolute atomic E-state index is 13.6. The van der Waals surface area contributed by atoms with Crippen LogP contribution in [0, 0.1) is 39.4 Å². The maximum Gasteiger partial charge on any atom is 0.328 e. The molecule has 0 aromatic heterocycles. The van der Waals surface area contributed by atoms with Gasteiger partial charge in [0.1, 0.15) is 12.1 Å². The molecule has 57 heavy (non-hydrogen) atoms. The van der Waals surface area contributed by atoms with E-state index >= 15 is 0 Å². The number of esters is 2. The Hall–Kier alpha value is -2.83. The number of aliphatic hydroxyl groups is 5. The van der Waals surface area contributed by atoms with Crippen LogP contribution in [0.15, 0.2) is 41.5 Å². The summed E-state index contributed by atoms with van der Waals surface area (Å²) in [5.74, 6) is -1.45. The van der Waals surface area contributed by atoms with Crippen LogP contribution in [0.2, 0.25) is 0 Å². The molecule has 0 radical (unpaired) electrons. The third kappa shape index (κ3) is 8.61. The molecule has 6 N–H and O–H groups in total. The summed E-state index contributed by atoms with van der Waals surface area (Å²) in [6.45, 7) is 17.7. The zero-order chi connectivity index (χ0) is 42.5. The van der Waals surface area contributed by atoms with Crippen molar-refractivity contribution in [3.05, 3.63) is 47.0 Å². The molecule has 0 saturated heterocycles. The fourth-order valence-electron chi connectivity index (χ4n) is 12.2. The lowest BCUT2D eigenvalue weighted by Crippen LogP contribution is -2.62. The number of hydrogen-bond donors (Lipinski definition) is 6. The monoisotopic (exact) mass is 798 g/mol. The lowest BCUT2D eigenvalue weighted by atomic mass is 9.42. The normalized spacial score (nSPS) is 34.8. The van der Waals surface area contributed by atoms with Gasteiger partial charge in [-0.25, -0.2) is 4.79 Å². The Balaban J connectivity index is 1.31. The Kier molecular flexibility index (Phi) is 13.0. The van der Waals surface area contributed by atoms with Gasteiger partial charge in [0.25, 0.3) is 0 Å². The highest BCUT2D eigenvalue weighted by molar-refractivity contribution is 5.85. The molecule has 0 spiro atoms. The lowest BCUT2D eigenvalue weighted by molar-refractivity contribution is -0.193. The summed E-state index contributed by atoms with van der Waals surface area (Å²) < 4.78 is 11.0. The van der Waals surface area contributed by atoms with Gasteiger partial charge < -0.3 is 40.3 Å². The molecule has 2 saturated carbocycles. The number of rotatable bonds is 14. The maximum atomic E-state index is 13.6. The summed E-state index contributed by atoms with van der Waals surface area (Å²) in [5, 5.41) is 59.0. The molecule has 12 atom stereocenters. The van der Waals surface area contributed by atoms with Crippen LogP contribution >= 0.6 is 0 Å². The van der Waals surface area contributed by atoms with Crippen molar-refractivity contribution >= 4 is 17.8 Å². The quantitative estimate of drug-likeness (QED) is 0.103. The van der Waals surface area contributed by atoms with E-state index in [9.17, 15) is 39.9 Å². The first-order valence-corrected chi connectivity index (χ1v) is 21.1. The summed E-state index contributed by atoms with van der Waals surface area (Å²) in [6.07, 6.45) is 1.67. The minimum atomic E-state index is -1.80. The third-order valence-corrected chi connectivity index (χ3v) is 15.7. The molecule has 5 rings (SSSR count). The van der Waals surface area contributed by atoms with Crippen molar-refractivity contribution in [2.24, 2.45) is 39.4 Å². The van der Waals surface area contributed by atoms with E-state index < -0.39 is 83.2 Å². The van der Waals surface area contributed by atoms with Gasteiger partial charge in [0.2, 0.25) is 5.91 Å². The molecule has 2 fully saturated rings. The number of carbonyl (C=O) groups excluding carboxylic acids is 3. The molecular formula is C46H71NO10. The summed E-state index contributed by atoms with van der Waals surface area (Å²) in [6, 6.07) is 8.19. The van der Waals surface area contributed by atoms with Crippen LogP contribution in [0.25, 0.3) is 0 Å². The first-order valence-electron chi connectivity index (χ1n) is 21.1. The van der Waals surface area contributed by atoms with Gasteiger partial charge in [-0.05, 0) is 112 Å².